The van der Waals surface area contributed by atoms with E-state index in [0.717, 1.165) is 36.0 Å². The zero-order valence-corrected chi connectivity index (χ0v) is 18.2. The fourth-order valence-electron chi connectivity index (χ4n) is 4.29. The number of nitrogens with zero attached hydrogens (tertiary/aromatic N) is 3. The molecule has 2 atom stereocenters. The quantitative estimate of drug-likeness (QED) is 0.570. The summed E-state index contributed by atoms with van der Waals surface area (Å²) in [7, 11) is 0. The Morgan fingerprint density at radius 1 is 1.29 bits per heavy atom. The van der Waals surface area contributed by atoms with E-state index in [2.05, 4.69) is 34.4 Å². The van der Waals surface area contributed by atoms with E-state index in [9.17, 15) is 9.59 Å². The minimum absolute atomic E-state index is 0.0321. The third kappa shape index (κ3) is 3.34. The van der Waals surface area contributed by atoms with Crippen LogP contribution in [-0.4, -0.2) is 34.0 Å². The SMILES string of the molecule is CC(C)c1cc(N2C(=O)Nc3c(C(=O)N[C@@H]4CCC[C@@H]4N)sc4nccc2c34)ccn1. The Bertz CT molecular complexity index is 1190. The van der Waals surface area contributed by atoms with Crippen LogP contribution >= 0.6 is 11.3 Å². The number of thiophene rings is 1. The Balaban J connectivity index is 1.57. The molecule has 9 heteroatoms. The van der Waals surface area contributed by atoms with E-state index >= 15 is 0 Å². The predicted molar refractivity (Wildman–Crippen MR) is 122 cm³/mol. The number of carbonyl (C=O) groups excluding carboxylic acids is 2. The lowest BCUT2D eigenvalue weighted by atomic mass is 10.1. The molecule has 0 aromatic carbocycles. The molecule has 3 aromatic rings. The molecule has 1 saturated carbocycles. The molecule has 4 N–H and O–H groups in total. The first-order valence-corrected chi connectivity index (χ1v) is 11.3. The van der Waals surface area contributed by atoms with Gasteiger partial charge in [0.25, 0.3) is 5.91 Å². The second kappa shape index (κ2) is 7.58. The third-order valence-corrected chi connectivity index (χ3v) is 7.05. The summed E-state index contributed by atoms with van der Waals surface area (Å²) in [6.45, 7) is 4.12. The minimum Gasteiger partial charge on any atom is -0.347 e. The summed E-state index contributed by atoms with van der Waals surface area (Å²) < 4.78 is 0. The van der Waals surface area contributed by atoms with Crippen LogP contribution in [-0.2, 0) is 0 Å². The first-order chi connectivity index (χ1) is 14.9. The Hall–Kier alpha value is -3.04. The van der Waals surface area contributed by atoms with Gasteiger partial charge < -0.3 is 16.4 Å². The van der Waals surface area contributed by atoms with Crippen molar-refractivity contribution in [1.29, 1.82) is 0 Å². The summed E-state index contributed by atoms with van der Waals surface area (Å²) in [5.74, 6) is 0.0188. The van der Waals surface area contributed by atoms with Gasteiger partial charge in [-0.3, -0.25) is 14.7 Å². The number of nitrogens with two attached hydrogens (primary N) is 1. The van der Waals surface area contributed by atoms with Crippen molar-refractivity contribution in [2.75, 3.05) is 10.2 Å². The lowest BCUT2D eigenvalue weighted by Gasteiger charge is -2.28. The van der Waals surface area contributed by atoms with Crippen molar-refractivity contribution < 1.29 is 9.59 Å². The van der Waals surface area contributed by atoms with E-state index in [-0.39, 0.29) is 29.9 Å². The zero-order valence-electron chi connectivity index (χ0n) is 17.4. The fraction of sp³-hybridized carbons (Fsp3) is 0.364. The summed E-state index contributed by atoms with van der Waals surface area (Å²) in [6.07, 6.45) is 6.17. The molecule has 1 aliphatic carbocycles. The number of carbonyl (C=O) groups is 2. The number of rotatable bonds is 4. The van der Waals surface area contributed by atoms with Crippen LogP contribution in [0.25, 0.3) is 10.2 Å². The second-order valence-corrected chi connectivity index (χ2v) is 9.35. The molecule has 0 radical (unpaired) electrons. The number of pyridine rings is 2. The van der Waals surface area contributed by atoms with Gasteiger partial charge in [-0.15, -0.1) is 11.3 Å². The number of hydrogen-bond donors (Lipinski definition) is 3. The molecule has 0 unspecified atom stereocenters. The highest BCUT2D eigenvalue weighted by atomic mass is 32.1. The van der Waals surface area contributed by atoms with E-state index in [0.29, 0.717) is 21.1 Å². The van der Waals surface area contributed by atoms with Crippen molar-refractivity contribution >= 4 is 50.6 Å². The molecule has 3 amide bonds. The van der Waals surface area contributed by atoms with Crippen LogP contribution in [0.15, 0.2) is 30.6 Å². The largest absolute Gasteiger partial charge is 0.347 e. The van der Waals surface area contributed by atoms with Gasteiger partial charge in [-0.05, 0) is 43.4 Å². The molecule has 5 rings (SSSR count). The Kier molecular flexibility index (Phi) is 4.86. The van der Waals surface area contributed by atoms with Crippen molar-refractivity contribution in [3.05, 3.63) is 41.2 Å². The Morgan fingerprint density at radius 2 is 2.10 bits per heavy atom. The number of hydrogen-bond acceptors (Lipinski definition) is 6. The van der Waals surface area contributed by atoms with E-state index in [1.807, 2.05) is 12.1 Å². The molecule has 0 bridgehead atoms. The summed E-state index contributed by atoms with van der Waals surface area (Å²) in [4.78, 5) is 37.9. The normalized spacial score (nSPS) is 20.4. The summed E-state index contributed by atoms with van der Waals surface area (Å²) in [5.41, 5.74) is 8.97. The number of urea groups is 1. The number of nitrogens with one attached hydrogen (secondary N) is 2. The zero-order chi connectivity index (χ0) is 21.7. The smallest absolute Gasteiger partial charge is 0.331 e. The van der Waals surface area contributed by atoms with Crippen molar-refractivity contribution in [3.8, 4) is 0 Å². The molecule has 4 heterocycles. The minimum atomic E-state index is -0.314. The number of aromatic nitrogens is 2. The van der Waals surface area contributed by atoms with Gasteiger partial charge in [0, 0.05) is 30.2 Å². The van der Waals surface area contributed by atoms with Crippen LogP contribution in [0.5, 0.6) is 0 Å². The van der Waals surface area contributed by atoms with Gasteiger partial charge in [-0.1, -0.05) is 13.8 Å². The maximum Gasteiger partial charge on any atom is 0.331 e. The highest BCUT2D eigenvalue weighted by molar-refractivity contribution is 7.21. The average molecular weight is 437 g/mol. The molecule has 8 nitrogen and oxygen atoms in total. The van der Waals surface area contributed by atoms with Crippen LogP contribution in [0.3, 0.4) is 0 Å². The van der Waals surface area contributed by atoms with Crippen LogP contribution in [0.2, 0.25) is 0 Å². The lowest BCUT2D eigenvalue weighted by molar-refractivity contribution is 0.0939. The topological polar surface area (TPSA) is 113 Å². The number of amides is 3. The lowest BCUT2D eigenvalue weighted by Crippen LogP contribution is -2.44. The van der Waals surface area contributed by atoms with Gasteiger partial charge in [0.2, 0.25) is 0 Å². The average Bonchev–Trinajstić information content (AvgIpc) is 3.32. The van der Waals surface area contributed by atoms with Crippen LogP contribution in [0.4, 0.5) is 21.9 Å². The molecule has 160 valence electrons. The van der Waals surface area contributed by atoms with Crippen molar-refractivity contribution in [2.24, 2.45) is 5.73 Å². The summed E-state index contributed by atoms with van der Waals surface area (Å²) >= 11 is 1.28. The van der Waals surface area contributed by atoms with Gasteiger partial charge in [-0.25, -0.2) is 9.78 Å². The monoisotopic (exact) mass is 436 g/mol. The molecule has 2 aliphatic rings. The van der Waals surface area contributed by atoms with E-state index in [1.165, 1.54) is 11.3 Å². The van der Waals surface area contributed by atoms with Crippen molar-refractivity contribution in [2.45, 2.75) is 51.1 Å². The number of anilines is 3. The predicted octanol–water partition coefficient (Wildman–Crippen LogP) is 4.11. The van der Waals surface area contributed by atoms with Gasteiger partial charge in [0.1, 0.15) is 9.71 Å². The van der Waals surface area contributed by atoms with Crippen LogP contribution in [0.1, 0.15) is 54.4 Å². The maximum absolute atomic E-state index is 13.2. The van der Waals surface area contributed by atoms with E-state index in [1.54, 1.807) is 23.4 Å². The van der Waals surface area contributed by atoms with Crippen LogP contribution < -0.4 is 21.3 Å². The van der Waals surface area contributed by atoms with Gasteiger partial charge in [0.05, 0.1) is 22.4 Å². The first-order valence-electron chi connectivity index (χ1n) is 10.5. The van der Waals surface area contributed by atoms with Gasteiger partial charge in [0.15, 0.2) is 0 Å². The third-order valence-electron chi connectivity index (χ3n) is 5.95. The molecule has 1 fully saturated rings. The van der Waals surface area contributed by atoms with Gasteiger partial charge in [-0.2, -0.15) is 0 Å². The van der Waals surface area contributed by atoms with E-state index in [4.69, 9.17) is 5.73 Å². The van der Waals surface area contributed by atoms with Crippen molar-refractivity contribution in [1.82, 2.24) is 15.3 Å². The fourth-order valence-corrected chi connectivity index (χ4v) is 5.32. The molecule has 0 saturated heterocycles. The molecule has 0 spiro atoms. The molecule has 1 aliphatic heterocycles. The Morgan fingerprint density at radius 3 is 2.84 bits per heavy atom. The van der Waals surface area contributed by atoms with Crippen LogP contribution in [0, 0.1) is 0 Å². The van der Waals surface area contributed by atoms with Gasteiger partial charge >= 0.3 is 6.03 Å². The second-order valence-electron chi connectivity index (χ2n) is 8.35. The molecular weight excluding hydrogens is 412 g/mol. The first kappa shape index (κ1) is 19.9. The van der Waals surface area contributed by atoms with Crippen molar-refractivity contribution in [3.63, 3.8) is 0 Å². The molecule has 3 aromatic heterocycles. The highest BCUT2D eigenvalue weighted by Gasteiger charge is 2.34. The maximum atomic E-state index is 13.2. The molecular formula is C22H24N6O2S. The highest BCUT2D eigenvalue weighted by Crippen LogP contribution is 2.45. The summed E-state index contributed by atoms with van der Waals surface area (Å²) in [5, 5.41) is 6.75. The Labute approximate surface area is 183 Å². The molecule has 31 heavy (non-hydrogen) atoms. The standard InChI is InChI=1S/C22H24N6O2S/c1-11(2)15-10-12(6-8-24-15)28-16-7-9-25-21-17(16)18(27-22(28)30)19(31-21)20(29)26-14-5-3-4-13(14)23/h6-11,13-14H,3-5,23H2,1-2H3,(H,26,29)(H,27,30)/t13-,14+/m0/s1. The van der Waals surface area contributed by atoms with E-state index < -0.39 is 0 Å². The summed E-state index contributed by atoms with van der Waals surface area (Å²) in [6, 6.07) is 5.15.